The third kappa shape index (κ3) is 6.05. The minimum Gasteiger partial charge on any atom is -0.481 e. The van der Waals surface area contributed by atoms with Gasteiger partial charge in [-0.3, -0.25) is 4.79 Å². The molecule has 0 aromatic carbocycles. The monoisotopic (exact) mass is 375 g/mol. The molecule has 0 unspecified atom stereocenters. The molecule has 1 fully saturated rings. The first-order valence-electron chi connectivity index (χ1n) is 8.17. The lowest BCUT2D eigenvalue weighted by molar-refractivity contribution is -0.143. The van der Waals surface area contributed by atoms with E-state index in [1.165, 1.54) is 0 Å². The number of carboxylic acids is 1. The first kappa shape index (κ1) is 19.7. The zero-order valence-corrected chi connectivity index (χ0v) is 13.8. The number of nitrogens with zero attached hydrogens (tertiary/aromatic N) is 2. The van der Waals surface area contributed by atoms with Gasteiger partial charge in [0.2, 0.25) is 5.95 Å². The molecule has 144 valence electrons. The maximum atomic E-state index is 12.5. The van der Waals surface area contributed by atoms with E-state index >= 15 is 0 Å². The van der Waals surface area contributed by atoms with E-state index in [0.29, 0.717) is 25.7 Å². The maximum Gasteiger partial charge on any atom is 0.433 e. The number of hydrogen-bond donors (Lipinski definition) is 4. The van der Waals surface area contributed by atoms with Gasteiger partial charge in [-0.15, -0.1) is 0 Å². The fourth-order valence-corrected chi connectivity index (χ4v) is 2.67. The summed E-state index contributed by atoms with van der Waals surface area (Å²) in [4.78, 5) is 29.7. The number of carbonyl (C=O) groups is 2. The fourth-order valence-electron chi connectivity index (χ4n) is 2.67. The summed E-state index contributed by atoms with van der Waals surface area (Å²) in [5.41, 5.74) is -1.04. The predicted molar refractivity (Wildman–Crippen MR) is 85.4 cm³/mol. The average Bonchev–Trinajstić information content (AvgIpc) is 2.59. The van der Waals surface area contributed by atoms with Crippen molar-refractivity contribution in [2.45, 2.75) is 37.9 Å². The van der Waals surface area contributed by atoms with Gasteiger partial charge in [-0.05, 0) is 31.7 Å². The lowest BCUT2D eigenvalue weighted by Crippen LogP contribution is -2.45. The molecule has 0 bridgehead atoms. The molecule has 1 aliphatic carbocycles. The number of carbonyl (C=O) groups excluding carboxylic acids is 1. The zero-order chi connectivity index (χ0) is 19.2. The molecule has 2 amide bonds. The minimum absolute atomic E-state index is 0.0784. The third-order valence-electron chi connectivity index (χ3n) is 4.05. The summed E-state index contributed by atoms with van der Waals surface area (Å²) in [6.45, 7) is 0.316. The Bertz CT molecular complexity index is 633. The number of nitrogens with one attached hydrogen (secondary N) is 3. The highest BCUT2D eigenvalue weighted by Crippen LogP contribution is 2.27. The van der Waals surface area contributed by atoms with Gasteiger partial charge in [-0.2, -0.15) is 13.2 Å². The van der Waals surface area contributed by atoms with Crippen molar-refractivity contribution >= 4 is 17.9 Å². The van der Waals surface area contributed by atoms with E-state index < -0.39 is 23.9 Å². The van der Waals surface area contributed by atoms with Crippen LogP contribution in [0.25, 0.3) is 0 Å². The molecule has 11 heteroatoms. The lowest BCUT2D eigenvalue weighted by atomic mass is 9.86. The normalized spacial score (nSPS) is 20.3. The van der Waals surface area contributed by atoms with E-state index in [2.05, 4.69) is 25.9 Å². The molecule has 0 aliphatic heterocycles. The van der Waals surface area contributed by atoms with E-state index in [4.69, 9.17) is 5.11 Å². The molecule has 2 rings (SSSR count). The molecule has 8 nitrogen and oxygen atoms in total. The third-order valence-corrected chi connectivity index (χ3v) is 4.05. The van der Waals surface area contributed by atoms with Gasteiger partial charge < -0.3 is 21.1 Å². The topological polar surface area (TPSA) is 116 Å². The quantitative estimate of drug-likeness (QED) is 0.564. The predicted octanol–water partition coefficient (Wildman–Crippen LogP) is 1.85. The maximum absolute atomic E-state index is 12.5. The van der Waals surface area contributed by atoms with E-state index in [1.807, 2.05) is 0 Å². The van der Waals surface area contributed by atoms with Gasteiger partial charge in [0.15, 0.2) is 0 Å². The summed E-state index contributed by atoms with van der Waals surface area (Å²) in [7, 11) is 0. The Balaban J connectivity index is 1.66. The largest absolute Gasteiger partial charge is 0.481 e. The van der Waals surface area contributed by atoms with Crippen LogP contribution in [-0.2, 0) is 11.0 Å². The van der Waals surface area contributed by atoms with Gasteiger partial charge >= 0.3 is 18.2 Å². The van der Waals surface area contributed by atoms with Crippen molar-refractivity contribution in [3.63, 3.8) is 0 Å². The van der Waals surface area contributed by atoms with Crippen molar-refractivity contribution in [1.82, 2.24) is 20.6 Å². The van der Waals surface area contributed by atoms with Crippen LogP contribution in [0.3, 0.4) is 0 Å². The summed E-state index contributed by atoms with van der Waals surface area (Å²) in [6.07, 6.45) is -1.30. The number of carboxylic acid groups (broad SMARTS) is 1. The van der Waals surface area contributed by atoms with Crippen LogP contribution < -0.4 is 16.0 Å². The van der Waals surface area contributed by atoms with Crippen LogP contribution in [0.15, 0.2) is 12.3 Å². The smallest absolute Gasteiger partial charge is 0.433 e. The number of halogens is 3. The minimum atomic E-state index is -4.54. The van der Waals surface area contributed by atoms with E-state index in [0.717, 1.165) is 12.3 Å². The van der Waals surface area contributed by atoms with Crippen LogP contribution in [0.4, 0.5) is 23.9 Å². The van der Waals surface area contributed by atoms with Gasteiger partial charge in [0.05, 0.1) is 5.92 Å². The number of aromatic nitrogens is 2. The number of amides is 2. The fraction of sp³-hybridized carbons (Fsp3) is 0.600. The van der Waals surface area contributed by atoms with Crippen molar-refractivity contribution in [3.8, 4) is 0 Å². The molecule has 1 heterocycles. The second-order valence-electron chi connectivity index (χ2n) is 5.98. The van der Waals surface area contributed by atoms with Crippen molar-refractivity contribution in [3.05, 3.63) is 18.0 Å². The van der Waals surface area contributed by atoms with Gasteiger partial charge in [0.1, 0.15) is 5.69 Å². The van der Waals surface area contributed by atoms with E-state index in [-0.39, 0.29) is 31.0 Å². The number of rotatable bonds is 6. The number of anilines is 1. The Kier molecular flexibility index (Phi) is 6.58. The molecule has 0 radical (unpaired) electrons. The molecular formula is C15H20F3N5O3. The summed E-state index contributed by atoms with van der Waals surface area (Å²) in [6, 6.07) is 0.288. The van der Waals surface area contributed by atoms with Crippen molar-refractivity contribution in [2.75, 3.05) is 18.4 Å². The highest BCUT2D eigenvalue weighted by Gasteiger charge is 2.32. The number of hydrogen-bond acceptors (Lipinski definition) is 5. The number of alkyl halides is 3. The molecular weight excluding hydrogens is 355 g/mol. The number of urea groups is 1. The van der Waals surface area contributed by atoms with Crippen LogP contribution in [0.1, 0.15) is 31.4 Å². The molecule has 1 aromatic rings. The molecule has 1 aliphatic rings. The van der Waals surface area contributed by atoms with Crippen LogP contribution in [0.5, 0.6) is 0 Å². The Morgan fingerprint density at radius 2 is 1.88 bits per heavy atom. The average molecular weight is 375 g/mol. The summed E-state index contributed by atoms with van der Waals surface area (Å²) in [5.74, 6) is -1.34. The molecule has 1 saturated carbocycles. The Hall–Kier alpha value is -2.59. The second-order valence-corrected chi connectivity index (χ2v) is 5.98. The van der Waals surface area contributed by atoms with Crippen molar-refractivity contribution < 1.29 is 27.9 Å². The van der Waals surface area contributed by atoms with Gasteiger partial charge in [0, 0.05) is 25.3 Å². The van der Waals surface area contributed by atoms with Crippen LogP contribution in [0, 0.1) is 5.92 Å². The Morgan fingerprint density at radius 3 is 2.50 bits per heavy atom. The summed E-state index contributed by atoms with van der Waals surface area (Å²) >= 11 is 0. The first-order valence-corrected chi connectivity index (χ1v) is 8.17. The van der Waals surface area contributed by atoms with Crippen LogP contribution in [-0.4, -0.2) is 46.2 Å². The summed E-state index contributed by atoms with van der Waals surface area (Å²) < 4.78 is 37.6. The first-order chi connectivity index (χ1) is 12.3. The van der Waals surface area contributed by atoms with E-state index in [9.17, 15) is 22.8 Å². The zero-order valence-electron chi connectivity index (χ0n) is 13.8. The SMILES string of the molecule is O=C(NCCNc1nccc(C(F)(F)F)n1)NC1CCC(C(=O)O)CC1. The van der Waals surface area contributed by atoms with Crippen LogP contribution >= 0.6 is 0 Å². The highest BCUT2D eigenvalue weighted by atomic mass is 19.4. The second kappa shape index (κ2) is 8.68. The Morgan fingerprint density at radius 1 is 1.19 bits per heavy atom. The van der Waals surface area contributed by atoms with Gasteiger partial charge in [-0.25, -0.2) is 14.8 Å². The standard InChI is InChI=1S/C15H20F3N5O3/c16-15(17,18)11-5-6-19-13(23-11)20-7-8-21-14(26)22-10-3-1-9(2-4-10)12(24)25/h5-6,9-10H,1-4,7-8H2,(H,24,25)(H,19,20,23)(H2,21,22,26). The molecule has 26 heavy (non-hydrogen) atoms. The van der Waals surface area contributed by atoms with Crippen molar-refractivity contribution in [2.24, 2.45) is 5.92 Å². The van der Waals surface area contributed by atoms with Gasteiger partial charge in [0.25, 0.3) is 0 Å². The van der Waals surface area contributed by atoms with Gasteiger partial charge in [-0.1, -0.05) is 0 Å². The lowest BCUT2D eigenvalue weighted by Gasteiger charge is -2.26. The highest BCUT2D eigenvalue weighted by molar-refractivity contribution is 5.74. The molecule has 4 N–H and O–H groups in total. The summed E-state index contributed by atoms with van der Waals surface area (Å²) in [5, 5.41) is 16.9. The molecule has 0 spiro atoms. The van der Waals surface area contributed by atoms with E-state index in [1.54, 1.807) is 0 Å². The molecule has 0 saturated heterocycles. The molecule has 0 atom stereocenters. The van der Waals surface area contributed by atoms with Crippen LogP contribution in [0.2, 0.25) is 0 Å². The Labute approximate surface area is 147 Å². The number of aliphatic carboxylic acids is 1. The molecule has 1 aromatic heterocycles. The van der Waals surface area contributed by atoms with Crippen molar-refractivity contribution in [1.29, 1.82) is 0 Å².